The van der Waals surface area contributed by atoms with Gasteiger partial charge in [-0.15, -0.1) is 0 Å². The van der Waals surface area contributed by atoms with Crippen LogP contribution in [0.5, 0.6) is 0 Å². The SMILES string of the molecule is CC(CCc1ccccc1)O[P+]([O-])(F)[S-]. The summed E-state index contributed by atoms with van der Waals surface area (Å²) in [5.74, 6) is 0. The lowest BCUT2D eigenvalue weighted by Gasteiger charge is -2.26. The number of aryl methyl sites for hydroxylation is 1. The van der Waals surface area contributed by atoms with Crippen LogP contribution in [0.4, 0.5) is 4.20 Å². The molecule has 0 N–H and O–H groups in total. The van der Waals surface area contributed by atoms with Crippen molar-refractivity contribution in [2.75, 3.05) is 0 Å². The van der Waals surface area contributed by atoms with Gasteiger partial charge in [0.2, 0.25) is 0 Å². The number of halogens is 1. The highest BCUT2D eigenvalue weighted by Gasteiger charge is 2.15. The van der Waals surface area contributed by atoms with Crippen LogP contribution in [-0.4, -0.2) is 6.10 Å². The van der Waals surface area contributed by atoms with E-state index in [1.165, 1.54) is 0 Å². The Morgan fingerprint density at radius 1 is 1.47 bits per heavy atom. The zero-order valence-electron chi connectivity index (χ0n) is 8.43. The molecular weight excluding hydrogens is 234 g/mol. The predicted molar refractivity (Wildman–Crippen MR) is 60.7 cm³/mol. The zero-order chi connectivity index (χ0) is 11.3. The van der Waals surface area contributed by atoms with Gasteiger partial charge in [0.25, 0.3) is 0 Å². The zero-order valence-corrected chi connectivity index (χ0v) is 10.1. The molecule has 0 aliphatic rings. The van der Waals surface area contributed by atoms with E-state index in [9.17, 15) is 9.09 Å². The van der Waals surface area contributed by atoms with Gasteiger partial charge >= 0.3 is 0 Å². The van der Waals surface area contributed by atoms with E-state index in [1.54, 1.807) is 6.92 Å². The summed E-state index contributed by atoms with van der Waals surface area (Å²) in [6, 6.07) is 9.77. The molecular formula is C10H13FO2PS-. The van der Waals surface area contributed by atoms with E-state index >= 15 is 0 Å². The van der Waals surface area contributed by atoms with Gasteiger partial charge in [0.05, 0.1) is 6.10 Å². The first-order chi connectivity index (χ1) is 6.97. The molecule has 0 saturated carbocycles. The van der Waals surface area contributed by atoms with Gasteiger partial charge in [-0.05, 0) is 25.3 Å². The van der Waals surface area contributed by atoms with Crippen molar-refractivity contribution in [2.45, 2.75) is 25.9 Å². The average Bonchev–Trinajstić information content (AvgIpc) is 2.14. The van der Waals surface area contributed by atoms with Gasteiger partial charge in [-0.1, -0.05) is 34.5 Å². The number of benzene rings is 1. The van der Waals surface area contributed by atoms with E-state index in [2.05, 4.69) is 16.8 Å². The smallest absolute Gasteiger partial charge is 0.174 e. The molecule has 0 saturated heterocycles. The first kappa shape index (κ1) is 12.9. The fraction of sp³-hybridized carbons (Fsp3) is 0.400. The third-order valence-electron chi connectivity index (χ3n) is 1.99. The van der Waals surface area contributed by atoms with E-state index in [0.29, 0.717) is 6.42 Å². The van der Waals surface area contributed by atoms with Crippen molar-refractivity contribution < 1.29 is 13.6 Å². The van der Waals surface area contributed by atoms with Gasteiger partial charge in [-0.25, -0.2) is 4.52 Å². The lowest BCUT2D eigenvalue weighted by molar-refractivity contribution is -0.199. The Balaban J connectivity index is 2.32. The van der Waals surface area contributed by atoms with E-state index in [4.69, 9.17) is 0 Å². The third-order valence-corrected chi connectivity index (χ3v) is 2.86. The molecule has 0 fully saturated rings. The molecule has 15 heavy (non-hydrogen) atoms. The van der Waals surface area contributed by atoms with Crippen molar-refractivity contribution >= 4 is 19.5 Å². The monoisotopic (exact) mass is 247 g/mol. The molecule has 84 valence electrons. The maximum absolute atomic E-state index is 12.5. The summed E-state index contributed by atoms with van der Waals surface area (Å²) in [5, 5.41) is 0. The van der Waals surface area contributed by atoms with Gasteiger partial charge < -0.3 is 17.1 Å². The van der Waals surface area contributed by atoms with Gasteiger partial charge in [-0.2, -0.15) is 0 Å². The number of rotatable bonds is 5. The number of hydrogen-bond acceptors (Lipinski definition) is 3. The maximum atomic E-state index is 12.5. The van der Waals surface area contributed by atoms with Gasteiger partial charge in [0.15, 0.2) is 7.23 Å². The number of hydrogen-bond donors (Lipinski definition) is 0. The van der Waals surface area contributed by atoms with E-state index in [0.717, 1.165) is 12.0 Å². The van der Waals surface area contributed by atoms with Crippen LogP contribution in [0.15, 0.2) is 30.3 Å². The fourth-order valence-electron chi connectivity index (χ4n) is 1.28. The molecule has 1 rings (SSSR count). The van der Waals surface area contributed by atoms with E-state index < -0.39 is 13.3 Å². The van der Waals surface area contributed by atoms with Crippen LogP contribution in [0.3, 0.4) is 0 Å². The summed E-state index contributed by atoms with van der Waals surface area (Å²) < 4.78 is 17.1. The third kappa shape index (κ3) is 6.10. The molecule has 0 bridgehead atoms. The molecule has 1 aromatic carbocycles. The molecule has 0 aromatic heterocycles. The van der Waals surface area contributed by atoms with Crippen molar-refractivity contribution in [1.82, 2.24) is 0 Å². The van der Waals surface area contributed by atoms with Gasteiger partial charge in [0.1, 0.15) is 0 Å². The molecule has 0 aliphatic heterocycles. The van der Waals surface area contributed by atoms with Crippen molar-refractivity contribution in [3.05, 3.63) is 35.9 Å². The van der Waals surface area contributed by atoms with Crippen LogP contribution in [-0.2, 0) is 23.2 Å². The van der Waals surface area contributed by atoms with Crippen LogP contribution in [0.25, 0.3) is 0 Å². The lowest BCUT2D eigenvalue weighted by atomic mass is 10.1. The highest BCUT2D eigenvalue weighted by Crippen LogP contribution is 2.51. The van der Waals surface area contributed by atoms with Crippen molar-refractivity contribution in [3.8, 4) is 0 Å². The minimum absolute atomic E-state index is 0.418. The topological polar surface area (TPSA) is 32.3 Å². The van der Waals surface area contributed by atoms with Crippen molar-refractivity contribution in [3.63, 3.8) is 0 Å². The Bertz CT molecular complexity index is 289. The second kappa shape index (κ2) is 5.80. The summed E-state index contributed by atoms with van der Waals surface area (Å²) in [6.45, 7) is 1.67. The fourth-order valence-corrected chi connectivity index (χ4v) is 2.26. The molecule has 5 heteroatoms. The second-order valence-corrected chi connectivity index (χ2v) is 5.75. The van der Waals surface area contributed by atoms with Crippen molar-refractivity contribution in [2.24, 2.45) is 0 Å². The maximum Gasteiger partial charge on any atom is 0.174 e. The quantitative estimate of drug-likeness (QED) is 0.592. The lowest BCUT2D eigenvalue weighted by Crippen LogP contribution is -2.14. The Hall–Kier alpha value is -0.150. The second-order valence-electron chi connectivity index (χ2n) is 3.37. The van der Waals surface area contributed by atoms with E-state index in [1.807, 2.05) is 30.3 Å². The summed E-state index contributed by atoms with van der Waals surface area (Å²) >= 11 is 4.06. The molecule has 2 atom stereocenters. The van der Waals surface area contributed by atoms with Gasteiger partial charge in [0, 0.05) is 0 Å². The average molecular weight is 247 g/mol. The molecule has 0 heterocycles. The molecule has 0 radical (unpaired) electrons. The molecule has 0 spiro atoms. The predicted octanol–water partition coefficient (Wildman–Crippen LogP) is 2.58. The van der Waals surface area contributed by atoms with E-state index in [-0.39, 0.29) is 0 Å². The summed E-state index contributed by atoms with van der Waals surface area (Å²) in [7, 11) is -4.26. The van der Waals surface area contributed by atoms with Crippen LogP contribution in [0, 0.1) is 0 Å². The van der Waals surface area contributed by atoms with Crippen molar-refractivity contribution in [1.29, 1.82) is 0 Å². The largest absolute Gasteiger partial charge is 0.644 e. The Kier molecular flexibility index (Phi) is 5.00. The molecule has 0 aliphatic carbocycles. The van der Waals surface area contributed by atoms with Crippen LogP contribution < -0.4 is 4.89 Å². The van der Waals surface area contributed by atoms with Crippen LogP contribution in [0.1, 0.15) is 18.9 Å². The van der Waals surface area contributed by atoms with Crippen LogP contribution >= 0.6 is 7.23 Å². The highest BCUT2D eigenvalue weighted by atomic mass is 32.7. The Morgan fingerprint density at radius 2 is 2.07 bits per heavy atom. The minimum atomic E-state index is -4.26. The summed E-state index contributed by atoms with van der Waals surface area (Å²) in [4.78, 5) is 10.6. The van der Waals surface area contributed by atoms with Crippen LogP contribution in [0.2, 0.25) is 0 Å². The minimum Gasteiger partial charge on any atom is -0.644 e. The Morgan fingerprint density at radius 3 is 2.60 bits per heavy atom. The first-order valence-electron chi connectivity index (χ1n) is 4.70. The van der Waals surface area contributed by atoms with Gasteiger partial charge in [-0.3, -0.25) is 0 Å². The normalized spacial score (nSPS) is 17.1. The summed E-state index contributed by atoms with van der Waals surface area (Å²) in [5.41, 5.74) is 1.14. The molecule has 2 nitrogen and oxygen atoms in total. The molecule has 2 unspecified atom stereocenters. The summed E-state index contributed by atoms with van der Waals surface area (Å²) in [6.07, 6.45) is 0.949. The molecule has 0 amide bonds. The highest BCUT2D eigenvalue weighted by molar-refractivity contribution is 8.34. The standard InChI is InChI=1S/C10H14FO2PS/c1-9(13-14(11,12)15)7-8-10-5-3-2-4-6-10/h2-6,9H,7-8H2,1H3,(H,12,15)/p-1. The Labute approximate surface area is 95.2 Å². The molecule has 1 aromatic rings. The first-order valence-corrected chi connectivity index (χ1v) is 7.23.